The summed E-state index contributed by atoms with van der Waals surface area (Å²) in [6, 6.07) is 12.8. The SMILES string of the molecule is COc1ccccc1[C@@H]1CN(C(C)=O)CCN1C(=O)c1ccc(Cl)c(N2CCOCC2)c1. The minimum atomic E-state index is -0.307. The summed E-state index contributed by atoms with van der Waals surface area (Å²) in [5.74, 6) is 0.610. The van der Waals surface area contributed by atoms with E-state index in [0.29, 0.717) is 49.2 Å². The van der Waals surface area contributed by atoms with Crippen molar-refractivity contribution in [3.8, 4) is 5.75 Å². The van der Waals surface area contributed by atoms with Crippen LogP contribution in [0, 0.1) is 0 Å². The van der Waals surface area contributed by atoms with E-state index >= 15 is 0 Å². The van der Waals surface area contributed by atoms with Gasteiger partial charge in [-0.15, -0.1) is 0 Å². The molecule has 0 aliphatic carbocycles. The molecule has 2 aliphatic heterocycles. The second-order valence-electron chi connectivity index (χ2n) is 7.99. The molecule has 2 aliphatic rings. The number of piperazine rings is 1. The number of amides is 2. The molecule has 2 fully saturated rings. The van der Waals surface area contributed by atoms with Crippen molar-refractivity contribution < 1.29 is 19.1 Å². The second-order valence-corrected chi connectivity index (χ2v) is 8.39. The normalized spacial score (nSPS) is 19.1. The Morgan fingerprint density at radius 2 is 1.81 bits per heavy atom. The Bertz CT molecular complexity index is 993. The Morgan fingerprint density at radius 3 is 2.53 bits per heavy atom. The molecular formula is C24H28ClN3O4. The van der Waals surface area contributed by atoms with Crippen molar-refractivity contribution in [2.24, 2.45) is 0 Å². The molecule has 2 amide bonds. The summed E-state index contributed by atoms with van der Waals surface area (Å²) in [6.07, 6.45) is 0. The molecule has 0 unspecified atom stereocenters. The topological polar surface area (TPSA) is 62.3 Å². The van der Waals surface area contributed by atoms with Gasteiger partial charge in [0.1, 0.15) is 5.75 Å². The number of benzene rings is 2. The second kappa shape index (κ2) is 9.79. The van der Waals surface area contributed by atoms with Crippen LogP contribution in [0.25, 0.3) is 0 Å². The summed E-state index contributed by atoms with van der Waals surface area (Å²) >= 11 is 6.47. The maximum absolute atomic E-state index is 13.7. The van der Waals surface area contributed by atoms with Gasteiger partial charge >= 0.3 is 0 Å². The fourth-order valence-electron chi connectivity index (χ4n) is 4.38. The van der Waals surface area contributed by atoms with Crippen LogP contribution in [0.15, 0.2) is 42.5 Å². The first-order valence-corrected chi connectivity index (χ1v) is 11.2. The first-order chi connectivity index (χ1) is 15.5. The molecular weight excluding hydrogens is 430 g/mol. The summed E-state index contributed by atoms with van der Waals surface area (Å²) in [6.45, 7) is 5.66. The van der Waals surface area contributed by atoms with E-state index in [-0.39, 0.29) is 17.9 Å². The van der Waals surface area contributed by atoms with Gasteiger partial charge in [-0.05, 0) is 24.3 Å². The molecule has 2 aromatic rings. The van der Waals surface area contributed by atoms with E-state index in [1.807, 2.05) is 35.2 Å². The average Bonchev–Trinajstić information content (AvgIpc) is 2.84. The van der Waals surface area contributed by atoms with Gasteiger partial charge in [-0.3, -0.25) is 9.59 Å². The maximum atomic E-state index is 13.7. The molecule has 0 aromatic heterocycles. The van der Waals surface area contributed by atoms with Crippen LogP contribution in [0.4, 0.5) is 5.69 Å². The van der Waals surface area contributed by atoms with E-state index in [0.717, 1.165) is 24.3 Å². The Morgan fingerprint density at radius 1 is 1.06 bits per heavy atom. The smallest absolute Gasteiger partial charge is 0.254 e. The largest absolute Gasteiger partial charge is 0.496 e. The molecule has 170 valence electrons. The fourth-order valence-corrected chi connectivity index (χ4v) is 4.62. The van der Waals surface area contributed by atoms with E-state index in [9.17, 15) is 9.59 Å². The van der Waals surface area contributed by atoms with Gasteiger partial charge in [0.05, 0.1) is 37.1 Å². The van der Waals surface area contributed by atoms with Gasteiger partial charge < -0.3 is 24.2 Å². The van der Waals surface area contributed by atoms with Crippen molar-refractivity contribution in [1.29, 1.82) is 0 Å². The van der Waals surface area contributed by atoms with Crippen LogP contribution in [0.2, 0.25) is 5.02 Å². The van der Waals surface area contributed by atoms with Crippen molar-refractivity contribution in [3.63, 3.8) is 0 Å². The van der Waals surface area contributed by atoms with E-state index in [1.54, 1.807) is 31.1 Å². The van der Waals surface area contributed by atoms with Crippen LogP contribution in [0.1, 0.15) is 28.9 Å². The molecule has 0 spiro atoms. The standard InChI is InChI=1S/C24H28ClN3O4/c1-17(29)27-9-10-28(22(16-27)19-5-3-4-6-23(19)31-2)24(30)18-7-8-20(25)21(15-18)26-11-13-32-14-12-26/h3-8,15,22H,9-14,16H2,1-2H3/t22-/m0/s1. The van der Waals surface area contributed by atoms with Gasteiger partial charge in [-0.2, -0.15) is 0 Å². The van der Waals surface area contributed by atoms with E-state index < -0.39 is 0 Å². The third kappa shape index (κ3) is 4.54. The number of para-hydroxylation sites is 1. The molecule has 4 rings (SSSR count). The van der Waals surface area contributed by atoms with Gasteiger partial charge in [-0.25, -0.2) is 0 Å². The third-order valence-electron chi connectivity index (χ3n) is 6.13. The lowest BCUT2D eigenvalue weighted by Gasteiger charge is -2.42. The maximum Gasteiger partial charge on any atom is 0.254 e. The minimum absolute atomic E-state index is 0.00177. The predicted molar refractivity (Wildman–Crippen MR) is 124 cm³/mol. The summed E-state index contributed by atoms with van der Waals surface area (Å²) < 4.78 is 11.0. The highest BCUT2D eigenvalue weighted by atomic mass is 35.5. The molecule has 0 N–H and O–H groups in total. The lowest BCUT2D eigenvalue weighted by molar-refractivity contribution is -0.131. The van der Waals surface area contributed by atoms with Gasteiger partial charge in [0.2, 0.25) is 5.91 Å². The zero-order valence-electron chi connectivity index (χ0n) is 18.4. The number of hydrogen-bond acceptors (Lipinski definition) is 5. The van der Waals surface area contributed by atoms with Gasteiger partial charge in [0, 0.05) is 50.8 Å². The number of halogens is 1. The zero-order valence-corrected chi connectivity index (χ0v) is 19.2. The van der Waals surface area contributed by atoms with Crippen LogP contribution in [-0.4, -0.2) is 74.7 Å². The molecule has 8 heteroatoms. The van der Waals surface area contributed by atoms with Crippen LogP contribution in [0.3, 0.4) is 0 Å². The number of morpholine rings is 1. The lowest BCUT2D eigenvalue weighted by Crippen LogP contribution is -2.52. The molecule has 0 saturated carbocycles. The molecule has 2 saturated heterocycles. The van der Waals surface area contributed by atoms with Crippen LogP contribution in [0.5, 0.6) is 5.75 Å². The number of nitrogens with zero attached hydrogens (tertiary/aromatic N) is 3. The van der Waals surface area contributed by atoms with E-state index in [1.165, 1.54) is 0 Å². The predicted octanol–water partition coefficient (Wildman–Crippen LogP) is 3.23. The summed E-state index contributed by atoms with van der Waals surface area (Å²) in [7, 11) is 1.62. The highest BCUT2D eigenvalue weighted by Gasteiger charge is 2.35. The first kappa shape index (κ1) is 22.4. The molecule has 0 bridgehead atoms. The Hall–Kier alpha value is -2.77. The monoisotopic (exact) mass is 457 g/mol. The van der Waals surface area contributed by atoms with Crippen LogP contribution >= 0.6 is 11.6 Å². The van der Waals surface area contributed by atoms with Crippen molar-refractivity contribution in [1.82, 2.24) is 9.80 Å². The molecule has 32 heavy (non-hydrogen) atoms. The van der Waals surface area contributed by atoms with Crippen molar-refractivity contribution in [2.45, 2.75) is 13.0 Å². The zero-order chi connectivity index (χ0) is 22.7. The van der Waals surface area contributed by atoms with Gasteiger partial charge in [0.15, 0.2) is 0 Å². The summed E-state index contributed by atoms with van der Waals surface area (Å²) in [4.78, 5) is 31.6. The number of methoxy groups -OCH3 is 1. The molecule has 7 nitrogen and oxygen atoms in total. The van der Waals surface area contributed by atoms with Crippen LogP contribution in [-0.2, 0) is 9.53 Å². The number of hydrogen-bond donors (Lipinski definition) is 0. The molecule has 2 heterocycles. The Kier molecular flexibility index (Phi) is 6.86. The fraction of sp³-hybridized carbons (Fsp3) is 0.417. The Labute approximate surface area is 193 Å². The highest BCUT2D eigenvalue weighted by molar-refractivity contribution is 6.33. The number of ether oxygens (including phenoxy) is 2. The van der Waals surface area contributed by atoms with Gasteiger partial charge in [0.25, 0.3) is 5.91 Å². The number of rotatable bonds is 4. The third-order valence-corrected chi connectivity index (χ3v) is 6.45. The van der Waals surface area contributed by atoms with E-state index in [4.69, 9.17) is 21.1 Å². The first-order valence-electron chi connectivity index (χ1n) is 10.8. The van der Waals surface area contributed by atoms with Crippen molar-refractivity contribution in [3.05, 3.63) is 58.6 Å². The lowest BCUT2D eigenvalue weighted by atomic mass is 9.99. The minimum Gasteiger partial charge on any atom is -0.496 e. The molecule has 0 radical (unpaired) electrons. The van der Waals surface area contributed by atoms with Crippen molar-refractivity contribution >= 4 is 29.1 Å². The molecule has 2 aromatic carbocycles. The Balaban J connectivity index is 1.67. The summed E-state index contributed by atoms with van der Waals surface area (Å²) in [5, 5.41) is 0.617. The average molecular weight is 458 g/mol. The molecule has 1 atom stereocenters. The quantitative estimate of drug-likeness (QED) is 0.705. The number of carbonyl (C=O) groups is 2. The highest BCUT2D eigenvalue weighted by Crippen LogP contribution is 2.34. The van der Waals surface area contributed by atoms with Crippen LogP contribution < -0.4 is 9.64 Å². The van der Waals surface area contributed by atoms with Gasteiger partial charge in [-0.1, -0.05) is 29.8 Å². The van der Waals surface area contributed by atoms with E-state index in [2.05, 4.69) is 4.90 Å². The van der Waals surface area contributed by atoms with Crippen molar-refractivity contribution in [2.75, 3.05) is 57.9 Å². The summed E-state index contributed by atoms with van der Waals surface area (Å²) in [5.41, 5.74) is 2.31. The number of anilines is 1. The number of carbonyl (C=O) groups excluding carboxylic acids is 2.